The third-order valence-corrected chi connectivity index (χ3v) is 3.46. The molecular formula is C19H21FN2O3. The lowest BCUT2D eigenvalue weighted by Gasteiger charge is -2.12. The Hall–Kier alpha value is -2.89. The summed E-state index contributed by atoms with van der Waals surface area (Å²) in [5.41, 5.74) is 0.761. The van der Waals surface area contributed by atoms with Crippen molar-refractivity contribution in [1.82, 2.24) is 5.32 Å². The molecule has 25 heavy (non-hydrogen) atoms. The fraction of sp³-hybridized carbons (Fsp3) is 0.263. The van der Waals surface area contributed by atoms with Crippen LogP contribution >= 0.6 is 0 Å². The lowest BCUT2D eigenvalue weighted by molar-refractivity contribution is -0.118. The van der Waals surface area contributed by atoms with Gasteiger partial charge in [0.15, 0.2) is 18.2 Å². The number of rotatable bonds is 8. The van der Waals surface area contributed by atoms with Gasteiger partial charge in [0.25, 0.3) is 11.8 Å². The molecule has 0 saturated carbocycles. The highest BCUT2D eigenvalue weighted by atomic mass is 19.1. The number of ether oxygens (including phenoxy) is 1. The minimum atomic E-state index is -0.536. The van der Waals surface area contributed by atoms with Crippen LogP contribution in [0.25, 0.3) is 0 Å². The Labute approximate surface area is 146 Å². The highest BCUT2D eigenvalue weighted by Crippen LogP contribution is 2.17. The van der Waals surface area contributed by atoms with Crippen LogP contribution in [0.5, 0.6) is 5.75 Å². The molecule has 0 unspecified atom stereocenters. The molecular weight excluding hydrogens is 323 g/mol. The molecule has 0 spiro atoms. The van der Waals surface area contributed by atoms with Crippen molar-refractivity contribution in [2.45, 2.75) is 19.8 Å². The Bertz CT molecular complexity index is 734. The molecule has 0 radical (unpaired) electrons. The Kier molecular flexibility index (Phi) is 6.95. The first-order valence-corrected chi connectivity index (χ1v) is 8.16. The molecule has 2 aromatic rings. The summed E-state index contributed by atoms with van der Waals surface area (Å²) in [6, 6.07) is 12.6. The maximum absolute atomic E-state index is 13.5. The van der Waals surface area contributed by atoms with Gasteiger partial charge in [-0.1, -0.05) is 37.6 Å². The maximum Gasteiger partial charge on any atom is 0.262 e. The molecule has 0 atom stereocenters. The molecule has 0 aliphatic carbocycles. The summed E-state index contributed by atoms with van der Waals surface area (Å²) in [5, 5.41) is 5.43. The second kappa shape index (κ2) is 9.42. The number of nitrogens with one attached hydrogen (secondary N) is 2. The monoisotopic (exact) mass is 344 g/mol. The molecule has 5 nitrogen and oxygen atoms in total. The zero-order valence-electron chi connectivity index (χ0n) is 14.0. The van der Waals surface area contributed by atoms with Gasteiger partial charge in [0.2, 0.25) is 0 Å². The average molecular weight is 344 g/mol. The normalized spacial score (nSPS) is 10.2. The van der Waals surface area contributed by atoms with Crippen LogP contribution in [0.3, 0.4) is 0 Å². The predicted molar refractivity (Wildman–Crippen MR) is 94.2 cm³/mol. The van der Waals surface area contributed by atoms with Crippen LogP contribution in [-0.4, -0.2) is 25.0 Å². The molecule has 2 N–H and O–H groups in total. The van der Waals surface area contributed by atoms with Gasteiger partial charge >= 0.3 is 0 Å². The number of carbonyl (C=O) groups is 2. The van der Waals surface area contributed by atoms with Crippen molar-refractivity contribution in [3.8, 4) is 5.75 Å². The third-order valence-electron chi connectivity index (χ3n) is 3.46. The first-order valence-electron chi connectivity index (χ1n) is 8.16. The predicted octanol–water partition coefficient (Wildman–Crippen LogP) is 3.37. The summed E-state index contributed by atoms with van der Waals surface area (Å²) in [6.45, 7) is 2.26. The summed E-state index contributed by atoms with van der Waals surface area (Å²) in [7, 11) is 0. The topological polar surface area (TPSA) is 67.4 Å². The van der Waals surface area contributed by atoms with E-state index < -0.39 is 11.7 Å². The van der Waals surface area contributed by atoms with Gasteiger partial charge in [-0.25, -0.2) is 4.39 Å². The van der Waals surface area contributed by atoms with Crippen molar-refractivity contribution in [1.29, 1.82) is 0 Å². The zero-order valence-corrected chi connectivity index (χ0v) is 14.0. The molecule has 6 heteroatoms. The van der Waals surface area contributed by atoms with Crippen LogP contribution in [0.15, 0.2) is 48.5 Å². The molecule has 0 saturated heterocycles. The lowest BCUT2D eigenvalue weighted by Crippen LogP contribution is -2.27. The number of anilines is 1. The van der Waals surface area contributed by atoms with Crippen molar-refractivity contribution in [3.05, 3.63) is 59.9 Å². The molecule has 0 aromatic heterocycles. The van der Waals surface area contributed by atoms with Crippen molar-refractivity contribution in [2.24, 2.45) is 0 Å². The van der Waals surface area contributed by atoms with Crippen LogP contribution in [-0.2, 0) is 4.79 Å². The van der Waals surface area contributed by atoms with E-state index in [1.54, 1.807) is 30.3 Å². The van der Waals surface area contributed by atoms with Gasteiger partial charge < -0.3 is 15.4 Å². The van der Waals surface area contributed by atoms with Gasteiger partial charge in [0.05, 0.1) is 11.3 Å². The van der Waals surface area contributed by atoms with Crippen molar-refractivity contribution >= 4 is 17.5 Å². The number of carbonyl (C=O) groups excluding carboxylic acids is 2. The summed E-state index contributed by atoms with van der Waals surface area (Å²) >= 11 is 0. The Morgan fingerprint density at radius 1 is 1.08 bits per heavy atom. The van der Waals surface area contributed by atoms with Crippen molar-refractivity contribution in [2.75, 3.05) is 18.5 Å². The van der Waals surface area contributed by atoms with Crippen LogP contribution < -0.4 is 15.4 Å². The number of benzene rings is 2. The quantitative estimate of drug-likeness (QED) is 0.722. The van der Waals surface area contributed by atoms with E-state index in [2.05, 4.69) is 10.6 Å². The SMILES string of the molecule is CCCCNC(=O)c1ccccc1NC(=O)COc1ccccc1F. The maximum atomic E-state index is 13.5. The summed E-state index contributed by atoms with van der Waals surface area (Å²) < 4.78 is 18.6. The number of unbranched alkanes of at least 4 members (excludes halogenated alkanes) is 1. The summed E-state index contributed by atoms with van der Waals surface area (Å²) in [4.78, 5) is 24.2. The highest BCUT2D eigenvalue weighted by Gasteiger charge is 2.13. The van der Waals surface area contributed by atoms with Crippen LogP contribution in [0.2, 0.25) is 0 Å². The molecule has 2 aromatic carbocycles. The van der Waals surface area contributed by atoms with Crippen molar-refractivity contribution < 1.29 is 18.7 Å². The lowest BCUT2D eigenvalue weighted by atomic mass is 10.1. The van der Waals surface area contributed by atoms with E-state index in [-0.39, 0.29) is 18.3 Å². The molecule has 2 rings (SSSR count). The van der Waals surface area contributed by atoms with E-state index in [9.17, 15) is 14.0 Å². The van der Waals surface area contributed by atoms with Gasteiger partial charge in [-0.15, -0.1) is 0 Å². The fourth-order valence-corrected chi connectivity index (χ4v) is 2.16. The Balaban J connectivity index is 1.96. The van der Waals surface area contributed by atoms with Gasteiger partial charge in [0, 0.05) is 6.54 Å². The molecule has 132 valence electrons. The summed E-state index contributed by atoms with van der Waals surface area (Å²) in [5.74, 6) is -1.26. The first-order chi connectivity index (χ1) is 12.1. The molecule has 0 aliphatic heterocycles. The van der Waals surface area contributed by atoms with Gasteiger partial charge in [-0.3, -0.25) is 9.59 Å². The second-order valence-electron chi connectivity index (χ2n) is 5.42. The van der Waals surface area contributed by atoms with E-state index >= 15 is 0 Å². The van der Waals surface area contributed by atoms with Crippen LogP contribution in [0.4, 0.5) is 10.1 Å². The van der Waals surface area contributed by atoms with Gasteiger partial charge in [-0.05, 0) is 30.7 Å². The zero-order chi connectivity index (χ0) is 18.1. The molecule has 0 aliphatic rings. The number of hydrogen-bond donors (Lipinski definition) is 2. The first kappa shape index (κ1) is 18.4. The molecule has 2 amide bonds. The average Bonchev–Trinajstić information content (AvgIpc) is 2.61. The van der Waals surface area contributed by atoms with E-state index in [4.69, 9.17) is 4.74 Å². The van der Waals surface area contributed by atoms with Gasteiger partial charge in [-0.2, -0.15) is 0 Å². The number of para-hydroxylation sites is 2. The van der Waals surface area contributed by atoms with E-state index in [1.165, 1.54) is 18.2 Å². The molecule has 0 fully saturated rings. The highest BCUT2D eigenvalue weighted by molar-refractivity contribution is 6.04. The third kappa shape index (κ3) is 5.60. The van der Waals surface area contributed by atoms with E-state index in [1.807, 2.05) is 6.92 Å². The Morgan fingerprint density at radius 3 is 2.56 bits per heavy atom. The van der Waals surface area contributed by atoms with Crippen LogP contribution in [0.1, 0.15) is 30.1 Å². The number of halogens is 1. The number of amides is 2. The number of hydrogen-bond acceptors (Lipinski definition) is 3. The minimum absolute atomic E-state index is 0.00300. The van der Waals surface area contributed by atoms with Crippen molar-refractivity contribution in [3.63, 3.8) is 0 Å². The molecule has 0 heterocycles. The second-order valence-corrected chi connectivity index (χ2v) is 5.42. The van der Waals surface area contributed by atoms with E-state index in [0.717, 1.165) is 12.8 Å². The fourth-order valence-electron chi connectivity index (χ4n) is 2.16. The van der Waals surface area contributed by atoms with Crippen LogP contribution in [0, 0.1) is 5.82 Å². The largest absolute Gasteiger partial charge is 0.481 e. The van der Waals surface area contributed by atoms with E-state index in [0.29, 0.717) is 17.8 Å². The summed E-state index contributed by atoms with van der Waals surface area (Å²) in [6.07, 6.45) is 1.86. The van der Waals surface area contributed by atoms with Gasteiger partial charge in [0.1, 0.15) is 0 Å². The smallest absolute Gasteiger partial charge is 0.262 e. The minimum Gasteiger partial charge on any atom is -0.481 e. The standard InChI is InChI=1S/C19H21FN2O3/c1-2-3-12-21-19(24)14-8-4-6-10-16(14)22-18(23)13-25-17-11-7-5-9-15(17)20/h4-11H,2-3,12-13H2,1H3,(H,21,24)(H,22,23). The molecule has 0 bridgehead atoms. The Morgan fingerprint density at radius 2 is 1.80 bits per heavy atom.